The number of carbonyl (C=O) groups is 1. The first kappa shape index (κ1) is 22.2. The van der Waals surface area contributed by atoms with E-state index < -0.39 is 5.97 Å². The number of aromatic carboxylic acids is 1. The summed E-state index contributed by atoms with van der Waals surface area (Å²) in [4.78, 5) is 29.3. The highest BCUT2D eigenvalue weighted by atomic mass is 16.4. The average Bonchev–Trinajstić information content (AvgIpc) is 3.55. The summed E-state index contributed by atoms with van der Waals surface area (Å²) in [5.74, 6) is 0.653. The van der Waals surface area contributed by atoms with Crippen LogP contribution in [0, 0.1) is 6.92 Å². The van der Waals surface area contributed by atoms with Crippen molar-refractivity contribution in [3.63, 3.8) is 0 Å². The number of fused-ring (bicyclic) bond motifs is 2. The summed E-state index contributed by atoms with van der Waals surface area (Å²) < 4.78 is 13.1. The molecule has 180 valence electrons. The van der Waals surface area contributed by atoms with E-state index in [1.54, 1.807) is 42.5 Å². The molecule has 0 bridgehead atoms. The van der Waals surface area contributed by atoms with Crippen LogP contribution in [0.2, 0.25) is 0 Å². The number of rotatable bonds is 5. The maximum atomic E-state index is 13.4. The van der Waals surface area contributed by atoms with Gasteiger partial charge in [0.2, 0.25) is 5.82 Å². The molecule has 0 radical (unpaired) electrons. The fourth-order valence-corrected chi connectivity index (χ4v) is 4.24. The molecule has 0 fully saturated rings. The van der Waals surface area contributed by atoms with Crippen molar-refractivity contribution in [3.8, 4) is 22.9 Å². The zero-order chi connectivity index (χ0) is 25.5. The van der Waals surface area contributed by atoms with Crippen LogP contribution in [-0.2, 0) is 0 Å². The van der Waals surface area contributed by atoms with Crippen molar-refractivity contribution in [2.45, 2.75) is 6.92 Å². The molecule has 8 heteroatoms. The van der Waals surface area contributed by atoms with Crippen molar-refractivity contribution in [3.05, 3.63) is 112 Å². The molecule has 6 rings (SSSR count). The average molecular weight is 489 g/mol. The van der Waals surface area contributed by atoms with E-state index in [1.807, 2.05) is 43.3 Å². The first-order valence-corrected chi connectivity index (χ1v) is 11.5. The Morgan fingerprint density at radius 2 is 1.76 bits per heavy atom. The van der Waals surface area contributed by atoms with Gasteiger partial charge in [0.15, 0.2) is 5.76 Å². The number of aryl methyl sites for hydroxylation is 1. The monoisotopic (exact) mass is 489 g/mol. The van der Waals surface area contributed by atoms with Gasteiger partial charge in [-0.05, 0) is 61.0 Å². The van der Waals surface area contributed by atoms with E-state index in [-0.39, 0.29) is 16.9 Å². The van der Waals surface area contributed by atoms with Crippen LogP contribution in [0.25, 0.3) is 44.8 Å². The SMILES string of the molecule is Cc1cc(C(=O)O)ccc1-c1ccc(C=Nn2c(-c3cc4ccccc4o3)nc3ccccc3c2=O)o1. The zero-order valence-corrected chi connectivity index (χ0v) is 19.6. The molecule has 0 aliphatic heterocycles. The summed E-state index contributed by atoms with van der Waals surface area (Å²) in [5, 5.41) is 14.9. The van der Waals surface area contributed by atoms with Gasteiger partial charge < -0.3 is 13.9 Å². The minimum Gasteiger partial charge on any atom is -0.478 e. The van der Waals surface area contributed by atoms with Crippen LogP contribution >= 0.6 is 0 Å². The highest BCUT2D eigenvalue weighted by Gasteiger charge is 2.17. The molecular formula is C29H19N3O5. The molecule has 3 aromatic carbocycles. The second-order valence-electron chi connectivity index (χ2n) is 8.50. The number of nitrogens with zero attached hydrogens (tertiary/aromatic N) is 3. The Bertz CT molecular complexity index is 1880. The van der Waals surface area contributed by atoms with Crippen LogP contribution < -0.4 is 5.56 Å². The molecule has 3 aromatic heterocycles. The number of carboxylic acids is 1. The van der Waals surface area contributed by atoms with E-state index >= 15 is 0 Å². The van der Waals surface area contributed by atoms with Crippen molar-refractivity contribution in [1.29, 1.82) is 0 Å². The topological polar surface area (TPSA) is 111 Å². The summed E-state index contributed by atoms with van der Waals surface area (Å²) in [5.41, 5.74) is 2.60. The third-order valence-electron chi connectivity index (χ3n) is 6.07. The molecule has 0 saturated heterocycles. The molecule has 8 nitrogen and oxygen atoms in total. The molecule has 0 unspecified atom stereocenters. The van der Waals surface area contributed by atoms with Gasteiger partial charge >= 0.3 is 5.97 Å². The number of carboxylic acid groups (broad SMARTS) is 1. The van der Waals surface area contributed by atoms with Gasteiger partial charge in [-0.25, -0.2) is 9.78 Å². The van der Waals surface area contributed by atoms with Gasteiger partial charge in [-0.2, -0.15) is 9.78 Å². The van der Waals surface area contributed by atoms with E-state index in [1.165, 1.54) is 17.0 Å². The van der Waals surface area contributed by atoms with Gasteiger partial charge in [-0.1, -0.05) is 36.4 Å². The van der Waals surface area contributed by atoms with Crippen LogP contribution in [-0.4, -0.2) is 27.0 Å². The number of hydrogen-bond donors (Lipinski definition) is 1. The number of para-hydroxylation sites is 2. The molecule has 3 heterocycles. The largest absolute Gasteiger partial charge is 0.478 e. The van der Waals surface area contributed by atoms with Gasteiger partial charge in [0, 0.05) is 10.9 Å². The van der Waals surface area contributed by atoms with Crippen LogP contribution in [0.5, 0.6) is 0 Å². The van der Waals surface area contributed by atoms with Gasteiger partial charge in [0.05, 0.1) is 22.7 Å². The summed E-state index contributed by atoms with van der Waals surface area (Å²) in [7, 11) is 0. The van der Waals surface area contributed by atoms with E-state index in [9.17, 15) is 14.7 Å². The summed E-state index contributed by atoms with van der Waals surface area (Å²) in [6.07, 6.45) is 1.44. The molecule has 0 amide bonds. The first-order chi connectivity index (χ1) is 18.0. The Morgan fingerprint density at radius 3 is 2.57 bits per heavy atom. The van der Waals surface area contributed by atoms with Gasteiger partial charge in [0.25, 0.3) is 5.56 Å². The zero-order valence-electron chi connectivity index (χ0n) is 19.6. The molecule has 0 aliphatic carbocycles. The second-order valence-corrected chi connectivity index (χ2v) is 8.50. The van der Waals surface area contributed by atoms with E-state index in [0.29, 0.717) is 33.8 Å². The Labute approximate surface area is 209 Å². The smallest absolute Gasteiger partial charge is 0.335 e. The summed E-state index contributed by atoms with van der Waals surface area (Å²) in [6, 6.07) is 24.8. The van der Waals surface area contributed by atoms with Crippen LogP contribution in [0.3, 0.4) is 0 Å². The lowest BCUT2D eigenvalue weighted by molar-refractivity contribution is 0.0696. The minimum atomic E-state index is -0.989. The summed E-state index contributed by atoms with van der Waals surface area (Å²) in [6.45, 7) is 1.82. The normalized spacial score (nSPS) is 11.6. The van der Waals surface area contributed by atoms with Gasteiger partial charge in [-0.15, -0.1) is 0 Å². The Kier molecular flexibility index (Phi) is 5.27. The maximum absolute atomic E-state index is 13.4. The fourth-order valence-electron chi connectivity index (χ4n) is 4.24. The number of furan rings is 2. The first-order valence-electron chi connectivity index (χ1n) is 11.5. The molecule has 0 spiro atoms. The molecule has 1 N–H and O–H groups in total. The predicted octanol–water partition coefficient (Wildman–Crippen LogP) is 5.96. The van der Waals surface area contributed by atoms with Crippen LogP contribution in [0.4, 0.5) is 0 Å². The molecular weight excluding hydrogens is 470 g/mol. The minimum absolute atomic E-state index is 0.205. The maximum Gasteiger partial charge on any atom is 0.335 e. The third kappa shape index (κ3) is 4.00. The highest BCUT2D eigenvalue weighted by molar-refractivity contribution is 5.89. The standard InChI is InChI=1S/C29H19N3O5/c1-17-14-19(29(34)35)10-12-21(17)25-13-11-20(36-25)16-30-32-27(26-15-18-6-2-5-9-24(18)37-26)31-23-8-4-3-7-22(23)28(32)33/h2-16H,1H3,(H,34,35). The van der Waals surface area contributed by atoms with Crippen molar-refractivity contribution in [2.24, 2.45) is 5.10 Å². The summed E-state index contributed by atoms with van der Waals surface area (Å²) >= 11 is 0. The molecule has 6 aromatic rings. The second kappa shape index (κ2) is 8.76. The predicted molar refractivity (Wildman–Crippen MR) is 140 cm³/mol. The lowest BCUT2D eigenvalue weighted by Crippen LogP contribution is -2.20. The quantitative estimate of drug-likeness (QED) is 0.299. The van der Waals surface area contributed by atoms with Crippen LogP contribution in [0.15, 0.2) is 104 Å². The fraction of sp³-hybridized carbons (Fsp3) is 0.0345. The molecule has 0 saturated carbocycles. The van der Waals surface area contributed by atoms with E-state index in [2.05, 4.69) is 10.1 Å². The van der Waals surface area contributed by atoms with Gasteiger partial charge in [0.1, 0.15) is 17.1 Å². The van der Waals surface area contributed by atoms with E-state index in [0.717, 1.165) is 16.5 Å². The van der Waals surface area contributed by atoms with Crippen molar-refractivity contribution in [2.75, 3.05) is 0 Å². The Balaban J connectivity index is 1.43. The van der Waals surface area contributed by atoms with Gasteiger partial charge in [-0.3, -0.25) is 4.79 Å². The Morgan fingerprint density at radius 1 is 0.946 bits per heavy atom. The lowest BCUT2D eigenvalue weighted by atomic mass is 10.0. The third-order valence-corrected chi connectivity index (χ3v) is 6.07. The van der Waals surface area contributed by atoms with Crippen LogP contribution in [0.1, 0.15) is 21.7 Å². The number of benzene rings is 3. The van der Waals surface area contributed by atoms with Crippen molar-refractivity contribution >= 4 is 34.1 Å². The Hall–Kier alpha value is -5.24. The number of hydrogen-bond acceptors (Lipinski definition) is 6. The molecule has 37 heavy (non-hydrogen) atoms. The molecule has 0 aliphatic rings. The lowest BCUT2D eigenvalue weighted by Gasteiger charge is -2.07. The molecule has 0 atom stereocenters. The number of aromatic nitrogens is 2. The van der Waals surface area contributed by atoms with Crippen molar-refractivity contribution < 1.29 is 18.7 Å². The highest BCUT2D eigenvalue weighted by Crippen LogP contribution is 2.28. The van der Waals surface area contributed by atoms with E-state index in [4.69, 9.17) is 8.83 Å². The van der Waals surface area contributed by atoms with Crippen molar-refractivity contribution in [1.82, 2.24) is 9.66 Å².